The molecule has 2 aliphatic heterocycles. The fourth-order valence-electron chi connectivity index (χ4n) is 5.06. The van der Waals surface area contributed by atoms with Crippen molar-refractivity contribution in [1.82, 2.24) is 21.3 Å². The topological polar surface area (TPSA) is 126 Å². The maximum Gasteiger partial charge on any atom is 0.367 e. The number of thioether (sulfide) groups is 1. The molecular weight excluding hydrogens is 542 g/mol. The van der Waals surface area contributed by atoms with E-state index in [1.807, 2.05) is 11.8 Å². The summed E-state index contributed by atoms with van der Waals surface area (Å²) in [6.45, 7) is 3.13. The summed E-state index contributed by atoms with van der Waals surface area (Å²) in [7, 11) is -3.87. The van der Waals surface area contributed by atoms with Crippen molar-refractivity contribution in [2.24, 2.45) is 0 Å². The molecule has 0 aromatic rings. The van der Waals surface area contributed by atoms with Gasteiger partial charge in [0, 0.05) is 36.9 Å². The van der Waals surface area contributed by atoms with Crippen LogP contribution in [0.4, 0.5) is 8.99 Å². The third kappa shape index (κ3) is 15.3. The first-order chi connectivity index (χ1) is 18.8. The Balaban J connectivity index is 1.30. The van der Waals surface area contributed by atoms with E-state index in [0.29, 0.717) is 37.6 Å². The van der Waals surface area contributed by atoms with Crippen LogP contribution in [0.5, 0.6) is 0 Å². The lowest BCUT2D eigenvalue weighted by molar-refractivity contribution is -0.121. The van der Waals surface area contributed by atoms with Gasteiger partial charge >= 0.3 is 13.7 Å². The Morgan fingerprint density at radius 2 is 1.46 bits per heavy atom. The minimum absolute atomic E-state index is 0.0129. The number of carbonyl (C=O) groups is 3. The fourth-order valence-corrected chi connectivity index (χ4v) is 7.72. The van der Waals surface area contributed by atoms with E-state index in [4.69, 9.17) is 0 Å². The summed E-state index contributed by atoms with van der Waals surface area (Å²) in [5.74, 6) is 1.16. The molecule has 4 N–H and O–H groups in total. The van der Waals surface area contributed by atoms with Gasteiger partial charge in [-0.15, -0.1) is 0 Å². The van der Waals surface area contributed by atoms with Gasteiger partial charge in [-0.1, -0.05) is 38.5 Å². The van der Waals surface area contributed by atoms with Crippen molar-refractivity contribution in [2.75, 3.05) is 31.6 Å². The molecule has 226 valence electrons. The first-order valence-corrected chi connectivity index (χ1v) is 17.7. The molecule has 0 aromatic carbocycles. The Hall–Kier alpha value is -1.32. The van der Waals surface area contributed by atoms with Gasteiger partial charge in [0.25, 0.3) is 0 Å². The van der Waals surface area contributed by atoms with Crippen molar-refractivity contribution >= 4 is 37.3 Å². The lowest BCUT2D eigenvalue weighted by Crippen LogP contribution is -2.36. The number of fused-ring (bicyclic) bond motifs is 1. The van der Waals surface area contributed by atoms with Crippen molar-refractivity contribution in [1.29, 1.82) is 0 Å². The predicted molar refractivity (Wildman–Crippen MR) is 156 cm³/mol. The molecule has 2 rings (SSSR count). The normalized spacial score (nSPS) is 21.6. The minimum atomic E-state index is -3.87. The van der Waals surface area contributed by atoms with E-state index in [-0.39, 0.29) is 42.7 Å². The zero-order chi connectivity index (χ0) is 28.3. The maximum absolute atomic E-state index is 13.4. The molecule has 0 spiro atoms. The zero-order valence-corrected chi connectivity index (χ0v) is 25.4. The Morgan fingerprint density at radius 1 is 0.897 bits per heavy atom. The van der Waals surface area contributed by atoms with Gasteiger partial charge in [-0.05, 0) is 51.9 Å². The van der Waals surface area contributed by atoms with E-state index < -0.39 is 7.68 Å². The number of amides is 4. The van der Waals surface area contributed by atoms with Crippen molar-refractivity contribution in [3.05, 3.63) is 0 Å². The molecule has 2 heterocycles. The second-order valence-electron chi connectivity index (χ2n) is 10.6. The number of carbonyl (C=O) groups excluding carboxylic acids is 3. The molecule has 0 saturated carbocycles. The van der Waals surface area contributed by atoms with Crippen LogP contribution in [0.25, 0.3) is 0 Å². The van der Waals surface area contributed by atoms with Crippen LogP contribution in [0.2, 0.25) is 0 Å². The number of hydrogen-bond donors (Lipinski definition) is 4. The van der Waals surface area contributed by atoms with Crippen LogP contribution in [-0.4, -0.2) is 66.8 Å². The molecule has 0 unspecified atom stereocenters. The SMILES string of the molecule is CCO[P@](=O)(F)CCCCCCCCCC(=O)NCCCCCNC(=O)CCCC[C@@H]1SC[C@H]2NC(=O)N[C@H]12. The first-order valence-electron chi connectivity index (χ1n) is 15.0. The maximum atomic E-state index is 13.4. The highest BCUT2D eigenvalue weighted by atomic mass is 32.2. The van der Waals surface area contributed by atoms with Crippen molar-refractivity contribution < 1.29 is 27.7 Å². The number of halogens is 1. The Labute approximate surface area is 238 Å². The van der Waals surface area contributed by atoms with E-state index in [1.54, 1.807) is 6.92 Å². The lowest BCUT2D eigenvalue weighted by atomic mass is 10.0. The molecule has 9 nitrogen and oxygen atoms in total. The van der Waals surface area contributed by atoms with Crippen LogP contribution in [0.15, 0.2) is 0 Å². The standard InChI is InChI=1S/C27H50FN4O5PS/c1-2-37-38(28,36)20-14-7-5-3-4-6-9-16-24(33)29-18-12-8-13-19-30-25(34)17-11-10-15-23-26-22(21-39-23)31-27(35)32-26/h22-23,26H,2-21H2,1H3,(H,29,33)(H,30,34)(H2,31,32,35)/t22-,23+,26+,38+/m1/s1. The average molecular weight is 593 g/mol. The van der Waals surface area contributed by atoms with E-state index in [0.717, 1.165) is 82.8 Å². The van der Waals surface area contributed by atoms with Gasteiger partial charge in [-0.25, -0.2) is 4.79 Å². The summed E-state index contributed by atoms with van der Waals surface area (Å²) in [5, 5.41) is 12.4. The number of unbranched alkanes of at least 4 members (excludes halogenated alkanes) is 9. The third-order valence-electron chi connectivity index (χ3n) is 7.23. The van der Waals surface area contributed by atoms with Gasteiger partial charge in [0.05, 0.1) is 24.9 Å². The van der Waals surface area contributed by atoms with Crippen LogP contribution in [0, 0.1) is 0 Å². The molecule has 4 atom stereocenters. The quantitative estimate of drug-likeness (QED) is 0.0712. The number of rotatable bonds is 23. The van der Waals surface area contributed by atoms with Gasteiger partial charge in [0.1, 0.15) is 0 Å². The summed E-state index contributed by atoms with van der Waals surface area (Å²) in [6.07, 6.45) is 13.2. The molecule has 0 radical (unpaired) electrons. The summed E-state index contributed by atoms with van der Waals surface area (Å²) in [4.78, 5) is 35.4. The van der Waals surface area contributed by atoms with Crippen LogP contribution in [0.1, 0.15) is 103 Å². The molecule has 0 bridgehead atoms. The highest BCUT2D eigenvalue weighted by molar-refractivity contribution is 8.00. The largest absolute Gasteiger partial charge is 0.367 e. The molecule has 2 fully saturated rings. The predicted octanol–water partition coefficient (Wildman–Crippen LogP) is 5.43. The van der Waals surface area contributed by atoms with Gasteiger partial charge in [-0.2, -0.15) is 16.0 Å². The average Bonchev–Trinajstić information content (AvgIpc) is 3.44. The second kappa shape index (κ2) is 19.7. The zero-order valence-electron chi connectivity index (χ0n) is 23.6. The highest BCUT2D eigenvalue weighted by Gasteiger charge is 2.42. The first kappa shape index (κ1) is 33.9. The van der Waals surface area contributed by atoms with Crippen LogP contribution >= 0.6 is 19.4 Å². The van der Waals surface area contributed by atoms with E-state index in [2.05, 4.69) is 25.8 Å². The van der Waals surface area contributed by atoms with Crippen molar-refractivity contribution in [2.45, 2.75) is 121 Å². The number of nitrogens with one attached hydrogen (secondary N) is 4. The second-order valence-corrected chi connectivity index (χ2v) is 13.7. The Kier molecular flexibility index (Phi) is 17.1. The molecule has 4 amide bonds. The summed E-state index contributed by atoms with van der Waals surface area (Å²) >= 11 is 1.91. The third-order valence-corrected chi connectivity index (χ3v) is 10.2. The molecule has 2 saturated heterocycles. The van der Waals surface area contributed by atoms with E-state index in [9.17, 15) is 23.1 Å². The van der Waals surface area contributed by atoms with Crippen molar-refractivity contribution in [3.63, 3.8) is 0 Å². The summed E-state index contributed by atoms with van der Waals surface area (Å²) in [5.41, 5.74) is 0. The molecular formula is C27H50FN4O5PS. The summed E-state index contributed by atoms with van der Waals surface area (Å²) in [6, 6.07) is 0.427. The number of urea groups is 1. The minimum Gasteiger partial charge on any atom is -0.356 e. The van der Waals surface area contributed by atoms with E-state index >= 15 is 0 Å². The van der Waals surface area contributed by atoms with Gasteiger partial charge in [0.15, 0.2) is 0 Å². The molecule has 12 heteroatoms. The summed E-state index contributed by atoms with van der Waals surface area (Å²) < 4.78 is 29.4. The molecule has 39 heavy (non-hydrogen) atoms. The van der Waals surface area contributed by atoms with Crippen LogP contribution < -0.4 is 21.3 Å². The Bertz CT molecular complexity index is 793. The smallest absolute Gasteiger partial charge is 0.356 e. The van der Waals surface area contributed by atoms with Crippen LogP contribution in [0.3, 0.4) is 0 Å². The Morgan fingerprint density at radius 3 is 2.10 bits per heavy atom. The van der Waals surface area contributed by atoms with Gasteiger partial charge in [0.2, 0.25) is 11.8 Å². The molecule has 2 aliphatic rings. The van der Waals surface area contributed by atoms with Crippen molar-refractivity contribution in [3.8, 4) is 0 Å². The number of hydrogen-bond acceptors (Lipinski definition) is 6. The van der Waals surface area contributed by atoms with Crippen LogP contribution in [-0.2, 0) is 18.7 Å². The van der Waals surface area contributed by atoms with Gasteiger partial charge < -0.3 is 25.8 Å². The lowest BCUT2D eigenvalue weighted by Gasteiger charge is -2.16. The van der Waals surface area contributed by atoms with E-state index in [1.165, 1.54) is 0 Å². The molecule has 0 aliphatic carbocycles. The monoisotopic (exact) mass is 592 g/mol. The fraction of sp³-hybridized carbons (Fsp3) is 0.889. The highest BCUT2D eigenvalue weighted by Crippen LogP contribution is 2.49. The molecule has 0 aromatic heterocycles. The van der Waals surface area contributed by atoms with Gasteiger partial charge in [-0.3, -0.25) is 14.2 Å².